The molecule has 0 aliphatic heterocycles. The largest absolute Gasteiger partial charge is 0.370 e. The number of carbonyl (C=O) groups excluding carboxylic acids is 1. The van der Waals surface area contributed by atoms with E-state index >= 15 is 0 Å². The Bertz CT molecular complexity index is 379. The van der Waals surface area contributed by atoms with Crippen LogP contribution < -0.4 is 0 Å². The first-order chi connectivity index (χ1) is 7.33. The second-order valence-electron chi connectivity index (χ2n) is 3.53. The smallest absolute Gasteiger partial charge is 0.192 e. The van der Waals surface area contributed by atoms with Gasteiger partial charge >= 0.3 is 0 Å². The van der Waals surface area contributed by atoms with Crippen LogP contribution in [0, 0.1) is 0 Å². The van der Waals surface area contributed by atoms with Gasteiger partial charge in [0.1, 0.15) is 6.10 Å². The number of hydrogen-bond acceptors (Lipinski definition) is 2. The second kappa shape index (κ2) is 4.41. The third-order valence-electron chi connectivity index (χ3n) is 2.55. The number of ketones is 1. The molecule has 0 fully saturated rings. The molecule has 0 heterocycles. The van der Waals surface area contributed by atoms with E-state index in [-0.39, 0.29) is 11.9 Å². The summed E-state index contributed by atoms with van der Waals surface area (Å²) in [5, 5.41) is 0. The van der Waals surface area contributed by atoms with Crippen LogP contribution in [0.3, 0.4) is 0 Å². The van der Waals surface area contributed by atoms with Crippen LogP contribution in [-0.4, -0.2) is 18.5 Å². The van der Waals surface area contributed by atoms with Gasteiger partial charge in [-0.3, -0.25) is 4.79 Å². The Hall–Kier alpha value is -1.41. The number of benzene rings is 1. The summed E-state index contributed by atoms with van der Waals surface area (Å²) in [5.41, 5.74) is 1.79. The van der Waals surface area contributed by atoms with Crippen molar-refractivity contribution in [3.8, 4) is 0 Å². The van der Waals surface area contributed by atoms with Gasteiger partial charge in [0.15, 0.2) is 5.78 Å². The summed E-state index contributed by atoms with van der Waals surface area (Å²) in [6.45, 7) is 2.50. The highest BCUT2D eigenvalue weighted by atomic mass is 16.5. The van der Waals surface area contributed by atoms with Crippen LogP contribution in [0.5, 0.6) is 0 Å². The van der Waals surface area contributed by atoms with E-state index in [1.54, 1.807) is 0 Å². The van der Waals surface area contributed by atoms with E-state index in [0.29, 0.717) is 13.0 Å². The highest BCUT2D eigenvalue weighted by Gasteiger charge is 2.27. The van der Waals surface area contributed by atoms with Gasteiger partial charge in [-0.15, -0.1) is 0 Å². The number of rotatable bonds is 3. The van der Waals surface area contributed by atoms with Gasteiger partial charge < -0.3 is 4.74 Å². The lowest BCUT2D eigenvalue weighted by atomic mass is 10.0. The Morgan fingerprint density at radius 2 is 2.07 bits per heavy atom. The Balaban J connectivity index is 2.17. The van der Waals surface area contributed by atoms with Crippen molar-refractivity contribution in [1.82, 2.24) is 0 Å². The maximum Gasteiger partial charge on any atom is 0.192 e. The van der Waals surface area contributed by atoms with Crippen molar-refractivity contribution in [1.29, 1.82) is 0 Å². The minimum Gasteiger partial charge on any atom is -0.370 e. The fourth-order valence-corrected chi connectivity index (χ4v) is 1.83. The molecular weight excluding hydrogens is 188 g/mol. The topological polar surface area (TPSA) is 26.3 Å². The van der Waals surface area contributed by atoms with Gasteiger partial charge in [0, 0.05) is 18.6 Å². The average molecular weight is 202 g/mol. The molecule has 2 heteroatoms. The molecule has 1 aromatic rings. The summed E-state index contributed by atoms with van der Waals surface area (Å²) in [4.78, 5) is 11.9. The van der Waals surface area contributed by atoms with Gasteiger partial charge in [0.25, 0.3) is 0 Å². The maximum atomic E-state index is 11.9. The van der Waals surface area contributed by atoms with Gasteiger partial charge in [-0.25, -0.2) is 0 Å². The summed E-state index contributed by atoms with van der Waals surface area (Å²) in [6.07, 6.45) is 2.42. The molecule has 0 saturated heterocycles. The third-order valence-corrected chi connectivity index (χ3v) is 2.55. The molecule has 1 aliphatic rings. The van der Waals surface area contributed by atoms with Crippen LogP contribution in [0.1, 0.15) is 18.9 Å². The zero-order valence-corrected chi connectivity index (χ0v) is 8.77. The monoisotopic (exact) mass is 202 g/mol. The molecule has 78 valence electrons. The molecule has 2 nitrogen and oxygen atoms in total. The van der Waals surface area contributed by atoms with E-state index in [1.807, 2.05) is 43.3 Å². The third kappa shape index (κ3) is 2.00. The van der Waals surface area contributed by atoms with Gasteiger partial charge in [-0.05, 0) is 12.5 Å². The van der Waals surface area contributed by atoms with Gasteiger partial charge in [-0.1, -0.05) is 36.4 Å². The summed E-state index contributed by atoms with van der Waals surface area (Å²) in [5.74, 6) is 0.114. The van der Waals surface area contributed by atoms with E-state index in [9.17, 15) is 4.79 Å². The Morgan fingerprint density at radius 1 is 1.33 bits per heavy atom. The van der Waals surface area contributed by atoms with Crippen LogP contribution in [0.2, 0.25) is 0 Å². The van der Waals surface area contributed by atoms with Crippen LogP contribution >= 0.6 is 0 Å². The van der Waals surface area contributed by atoms with Crippen molar-refractivity contribution >= 4 is 11.4 Å². The number of Topliss-reactive ketones (excluding diaryl/α,β-unsaturated/α-hetero) is 1. The molecule has 15 heavy (non-hydrogen) atoms. The van der Waals surface area contributed by atoms with Crippen LogP contribution in [-0.2, 0) is 9.53 Å². The Labute approximate surface area is 89.6 Å². The van der Waals surface area contributed by atoms with Gasteiger partial charge in [0.2, 0.25) is 0 Å². The van der Waals surface area contributed by atoms with E-state index in [0.717, 1.165) is 11.1 Å². The van der Waals surface area contributed by atoms with E-state index in [4.69, 9.17) is 4.74 Å². The molecule has 0 spiro atoms. The SMILES string of the molecule is CCOC1CC=C(c2ccccc2)C1=O. The standard InChI is InChI=1S/C13H14O2/c1-2-15-12-9-8-11(13(12)14)10-6-4-3-5-7-10/h3-8,12H,2,9H2,1H3. The molecule has 1 aliphatic carbocycles. The molecule has 0 N–H and O–H groups in total. The Morgan fingerprint density at radius 3 is 2.73 bits per heavy atom. The fourth-order valence-electron chi connectivity index (χ4n) is 1.83. The molecule has 0 radical (unpaired) electrons. The Kier molecular flexibility index (Phi) is 2.97. The first-order valence-electron chi connectivity index (χ1n) is 5.24. The van der Waals surface area contributed by atoms with Crippen molar-refractivity contribution in [2.45, 2.75) is 19.4 Å². The molecule has 0 aromatic heterocycles. The normalized spacial score (nSPS) is 20.5. The lowest BCUT2D eigenvalue weighted by Gasteiger charge is -2.08. The van der Waals surface area contributed by atoms with Crippen molar-refractivity contribution in [3.05, 3.63) is 42.0 Å². The number of hydrogen-bond donors (Lipinski definition) is 0. The van der Waals surface area contributed by atoms with Crippen molar-refractivity contribution < 1.29 is 9.53 Å². The van der Waals surface area contributed by atoms with E-state index < -0.39 is 0 Å². The molecule has 0 amide bonds. The molecule has 0 saturated carbocycles. The minimum atomic E-state index is -0.259. The van der Waals surface area contributed by atoms with Crippen molar-refractivity contribution in [2.75, 3.05) is 6.61 Å². The van der Waals surface area contributed by atoms with Gasteiger partial charge in [0.05, 0.1) is 0 Å². The highest BCUT2D eigenvalue weighted by Crippen LogP contribution is 2.26. The highest BCUT2D eigenvalue weighted by molar-refractivity contribution is 6.24. The average Bonchev–Trinajstić information content (AvgIpc) is 2.63. The zero-order chi connectivity index (χ0) is 10.7. The summed E-state index contributed by atoms with van der Waals surface area (Å²) in [7, 11) is 0. The fraction of sp³-hybridized carbons (Fsp3) is 0.308. The predicted octanol–water partition coefficient (Wildman–Crippen LogP) is 2.45. The number of carbonyl (C=O) groups is 1. The van der Waals surface area contributed by atoms with Crippen molar-refractivity contribution in [3.63, 3.8) is 0 Å². The van der Waals surface area contributed by atoms with E-state index in [2.05, 4.69) is 0 Å². The quantitative estimate of drug-likeness (QED) is 0.752. The first kappa shape index (κ1) is 10.1. The molecular formula is C13H14O2. The first-order valence-corrected chi connectivity index (χ1v) is 5.24. The molecule has 1 unspecified atom stereocenters. The molecule has 1 aromatic carbocycles. The zero-order valence-electron chi connectivity index (χ0n) is 8.77. The summed E-state index contributed by atoms with van der Waals surface area (Å²) in [6, 6.07) is 9.74. The lowest BCUT2D eigenvalue weighted by molar-refractivity contribution is -0.123. The van der Waals surface area contributed by atoms with Crippen LogP contribution in [0.25, 0.3) is 5.57 Å². The summed E-state index contributed by atoms with van der Waals surface area (Å²) < 4.78 is 5.37. The van der Waals surface area contributed by atoms with Gasteiger partial charge in [-0.2, -0.15) is 0 Å². The predicted molar refractivity (Wildman–Crippen MR) is 59.5 cm³/mol. The minimum absolute atomic E-state index is 0.114. The lowest BCUT2D eigenvalue weighted by Crippen LogP contribution is -2.19. The van der Waals surface area contributed by atoms with E-state index in [1.165, 1.54) is 0 Å². The maximum absolute atomic E-state index is 11.9. The summed E-state index contributed by atoms with van der Waals surface area (Å²) >= 11 is 0. The molecule has 1 atom stereocenters. The van der Waals surface area contributed by atoms with Crippen molar-refractivity contribution in [2.24, 2.45) is 0 Å². The molecule has 0 bridgehead atoms. The second-order valence-corrected chi connectivity index (χ2v) is 3.53. The number of ether oxygens (including phenoxy) is 1. The van der Waals surface area contributed by atoms with Crippen LogP contribution in [0.4, 0.5) is 0 Å². The molecule has 2 rings (SSSR count). The van der Waals surface area contributed by atoms with Crippen LogP contribution in [0.15, 0.2) is 36.4 Å².